The Hall–Kier alpha value is -0.672. The number of hydrogen-bond donors (Lipinski definition) is 1. The predicted molar refractivity (Wildman–Crippen MR) is 113 cm³/mol. The fourth-order valence-electron chi connectivity index (χ4n) is 1.60. The topological polar surface area (TPSA) is 87.0 Å². The molecule has 5 nitrogen and oxygen atoms in total. The molecule has 0 spiro atoms. The molecule has 0 rings (SSSR count). The van der Waals surface area contributed by atoms with Crippen LogP contribution in [0.25, 0.3) is 5.73 Å². The molecule has 0 aliphatic rings. The maximum atomic E-state index is 11.4. The van der Waals surface area contributed by atoms with E-state index in [9.17, 15) is 14.4 Å². The number of amides is 1. The third-order valence-electron chi connectivity index (χ3n) is 2.89. The summed E-state index contributed by atoms with van der Waals surface area (Å²) in [7, 11) is 1.25. The van der Waals surface area contributed by atoms with Crippen LogP contribution in [0.3, 0.4) is 0 Å². The molecule has 1 amide bonds. The summed E-state index contributed by atoms with van der Waals surface area (Å²) in [5.41, 5.74) is 5.75. The monoisotopic (exact) mass is 556 g/mol. The Morgan fingerprint density at radius 2 is 1.41 bits per heavy atom. The van der Waals surface area contributed by atoms with E-state index < -0.39 is 0 Å². The van der Waals surface area contributed by atoms with Gasteiger partial charge in [0.25, 0.3) is 0 Å². The maximum Gasteiger partial charge on any atom is 2.00 e. The van der Waals surface area contributed by atoms with Crippen LogP contribution in [-0.4, -0.2) is 31.1 Å². The SMILES string of the molecule is CC.CC(=O)[CH-]CC(=O)NCCCCCCC(=O)C(C)C.CCC.C[NH-].[W+2]. The van der Waals surface area contributed by atoms with Crippen LogP contribution in [0.5, 0.6) is 0 Å². The van der Waals surface area contributed by atoms with E-state index in [-0.39, 0.29) is 45.1 Å². The Morgan fingerprint density at radius 3 is 1.81 bits per heavy atom. The minimum atomic E-state index is -0.106. The van der Waals surface area contributed by atoms with Gasteiger partial charge in [-0.2, -0.15) is 7.05 Å². The van der Waals surface area contributed by atoms with Gasteiger partial charge in [0.1, 0.15) is 5.78 Å². The van der Waals surface area contributed by atoms with Crippen molar-refractivity contribution in [2.24, 2.45) is 5.92 Å². The van der Waals surface area contributed by atoms with E-state index in [0.29, 0.717) is 18.7 Å². The van der Waals surface area contributed by atoms with Crippen LogP contribution in [0.4, 0.5) is 0 Å². The van der Waals surface area contributed by atoms with Gasteiger partial charge in [-0.05, 0) is 25.5 Å². The molecule has 2 N–H and O–H groups in total. The first-order valence-corrected chi connectivity index (χ1v) is 9.98. The molecule has 6 heteroatoms. The number of rotatable bonds is 11. The van der Waals surface area contributed by atoms with Crippen LogP contribution < -0.4 is 5.32 Å². The Bertz CT molecular complexity index is 323. The number of unbranched alkanes of at least 4 members (excludes halogenated alkanes) is 3. The summed E-state index contributed by atoms with van der Waals surface area (Å²) in [6, 6.07) is 0. The summed E-state index contributed by atoms with van der Waals surface area (Å²) >= 11 is 0. The van der Waals surface area contributed by atoms with Gasteiger partial charge in [-0.15, -0.1) is 0 Å². The van der Waals surface area contributed by atoms with Gasteiger partial charge in [0.05, 0.1) is 0 Å². The molecule has 0 saturated carbocycles. The van der Waals surface area contributed by atoms with Crippen LogP contribution in [0, 0.1) is 12.3 Å². The second kappa shape index (κ2) is 33.0. The van der Waals surface area contributed by atoms with Crippen molar-refractivity contribution < 1.29 is 35.4 Å². The van der Waals surface area contributed by atoms with E-state index in [1.54, 1.807) is 0 Å². The largest absolute Gasteiger partial charge is 2.00 e. The van der Waals surface area contributed by atoms with E-state index in [0.717, 1.165) is 25.7 Å². The molecule has 0 aliphatic heterocycles. The van der Waals surface area contributed by atoms with Gasteiger partial charge in [-0.3, -0.25) is 9.59 Å². The molecule has 0 aromatic heterocycles. The Labute approximate surface area is 183 Å². The van der Waals surface area contributed by atoms with E-state index in [1.807, 2.05) is 27.7 Å². The van der Waals surface area contributed by atoms with E-state index in [2.05, 4.69) is 19.2 Å². The number of carbonyl (C=O) groups excluding carboxylic acids is 3. The first-order chi connectivity index (χ1) is 12.3. The standard InChI is InChI=1S/C15H26NO3.C3H8.C2H6.CH4N.W/c1-12(2)14(18)8-6-4-5-7-11-16-15(19)10-9-13(3)17;1-3-2;2*1-2;/h9,12H,4-8,10-11H2,1-3H3,(H,16,19);3H2,1-2H3;1-2H3;2H,1H3;/q-1;;;-1;+2. The average Bonchev–Trinajstić information content (AvgIpc) is 2.62. The van der Waals surface area contributed by atoms with Crippen LogP contribution in [0.1, 0.15) is 93.4 Å². The van der Waals surface area contributed by atoms with Gasteiger partial charge in [-0.25, -0.2) is 0 Å². The predicted octanol–water partition coefficient (Wildman–Crippen LogP) is 5.57. The van der Waals surface area contributed by atoms with E-state index >= 15 is 0 Å². The van der Waals surface area contributed by atoms with Crippen molar-refractivity contribution in [1.29, 1.82) is 0 Å². The molecule has 27 heavy (non-hydrogen) atoms. The van der Waals surface area contributed by atoms with Gasteiger partial charge < -0.3 is 22.3 Å². The van der Waals surface area contributed by atoms with Gasteiger partial charge in [0, 0.05) is 18.9 Å². The van der Waals surface area contributed by atoms with Crippen molar-refractivity contribution in [3.05, 3.63) is 12.2 Å². The van der Waals surface area contributed by atoms with Crippen molar-refractivity contribution >= 4 is 17.5 Å². The number of Topliss-reactive ketones (excluding diaryl/α,β-unsaturated/α-hetero) is 2. The third-order valence-corrected chi connectivity index (χ3v) is 2.89. The smallest absolute Gasteiger partial charge is 0.680 e. The second-order valence-electron chi connectivity index (χ2n) is 5.86. The molecular formula is C21H44N2O3W. The van der Waals surface area contributed by atoms with Crippen molar-refractivity contribution in [1.82, 2.24) is 5.32 Å². The number of nitrogens with one attached hydrogen (secondary N) is 2. The second-order valence-corrected chi connectivity index (χ2v) is 5.86. The molecule has 0 radical (unpaired) electrons. The van der Waals surface area contributed by atoms with Crippen LogP contribution >= 0.6 is 0 Å². The van der Waals surface area contributed by atoms with Gasteiger partial charge >= 0.3 is 21.1 Å². The number of ketones is 2. The van der Waals surface area contributed by atoms with Gasteiger partial charge in [-0.1, -0.05) is 67.2 Å². The van der Waals surface area contributed by atoms with Crippen molar-refractivity contribution in [2.75, 3.05) is 13.6 Å². The molecule has 0 aromatic rings. The zero-order valence-electron chi connectivity index (χ0n) is 18.9. The van der Waals surface area contributed by atoms with Crippen molar-refractivity contribution in [3.63, 3.8) is 0 Å². The quantitative estimate of drug-likeness (QED) is 0.267. The minimum absolute atomic E-state index is 0. The maximum absolute atomic E-state index is 11.4. The molecule has 162 valence electrons. The first kappa shape index (κ1) is 37.1. The Kier molecular flexibility index (Phi) is 45.3. The van der Waals surface area contributed by atoms with Crippen LogP contribution in [-0.2, 0) is 35.4 Å². The fourth-order valence-corrected chi connectivity index (χ4v) is 1.60. The zero-order chi connectivity index (χ0) is 21.4. The first-order valence-electron chi connectivity index (χ1n) is 9.98. The molecule has 0 aliphatic carbocycles. The van der Waals surface area contributed by atoms with Crippen molar-refractivity contribution in [2.45, 2.75) is 93.4 Å². The minimum Gasteiger partial charge on any atom is -0.680 e. The molecule has 0 fully saturated rings. The number of hydrogen-bond acceptors (Lipinski definition) is 3. The average molecular weight is 556 g/mol. The molecule has 0 bridgehead atoms. The molecule has 0 aromatic carbocycles. The normalized spacial score (nSPS) is 8.37. The Balaban J connectivity index is -0.000000177. The van der Waals surface area contributed by atoms with Crippen molar-refractivity contribution in [3.8, 4) is 0 Å². The van der Waals surface area contributed by atoms with Gasteiger partial charge in [0.2, 0.25) is 0 Å². The van der Waals surface area contributed by atoms with E-state index in [4.69, 9.17) is 5.73 Å². The summed E-state index contributed by atoms with van der Waals surface area (Å²) in [6.45, 7) is 14.2. The Morgan fingerprint density at radius 1 is 0.963 bits per heavy atom. The molecule has 0 heterocycles. The summed E-state index contributed by atoms with van der Waals surface area (Å²) in [5, 5.41) is 2.77. The molecule has 0 atom stereocenters. The zero-order valence-corrected chi connectivity index (χ0v) is 21.9. The van der Waals surface area contributed by atoms with Crippen LogP contribution in [0.2, 0.25) is 0 Å². The molecule has 0 saturated heterocycles. The number of carbonyl (C=O) groups is 3. The third kappa shape index (κ3) is 41.0. The summed E-state index contributed by atoms with van der Waals surface area (Å²) < 4.78 is 0. The summed E-state index contributed by atoms with van der Waals surface area (Å²) in [6.07, 6.45) is 7.35. The van der Waals surface area contributed by atoms with Crippen LogP contribution in [0.15, 0.2) is 0 Å². The summed E-state index contributed by atoms with van der Waals surface area (Å²) in [4.78, 5) is 33.3. The summed E-state index contributed by atoms with van der Waals surface area (Å²) in [5.74, 6) is 0.278. The van der Waals surface area contributed by atoms with E-state index in [1.165, 1.54) is 26.8 Å². The molecular weight excluding hydrogens is 512 g/mol. The fraction of sp³-hybridized carbons (Fsp3) is 0.810. The van der Waals surface area contributed by atoms with Gasteiger partial charge in [0.15, 0.2) is 5.91 Å². The molecule has 0 unspecified atom stereocenters.